The minimum Gasteiger partial charge on any atom is -0.475 e. The first-order chi connectivity index (χ1) is 39.8. The Morgan fingerprint density at radius 2 is 1.09 bits per heavy atom. The monoisotopic (exact) mass is 1110 g/mol. The second-order valence-corrected chi connectivity index (χ2v) is 22.2. The van der Waals surface area contributed by atoms with Crippen LogP contribution < -0.4 is 9.47 Å². The number of fused-ring (bicyclic) bond motifs is 4. The zero-order chi connectivity index (χ0) is 56.3. The topological polar surface area (TPSA) is 284 Å². The van der Waals surface area contributed by atoms with Crippen molar-refractivity contribution in [2.75, 3.05) is 39.4 Å². The molecule has 2 aliphatic carbocycles. The van der Waals surface area contributed by atoms with Gasteiger partial charge < -0.3 is 48.3 Å². The molecule has 6 aliphatic rings. The fourth-order valence-corrected chi connectivity index (χ4v) is 12.2. The minimum atomic E-state index is -1.11. The highest BCUT2D eigenvalue weighted by Gasteiger charge is 2.59. The van der Waals surface area contributed by atoms with Crippen molar-refractivity contribution in [3.8, 4) is 23.9 Å². The van der Waals surface area contributed by atoms with Crippen LogP contribution in [0.15, 0.2) is 72.8 Å². The van der Waals surface area contributed by atoms with Crippen LogP contribution in [0, 0.1) is 46.1 Å². The summed E-state index contributed by atoms with van der Waals surface area (Å²) in [5, 5.41) is 36.6. The molecule has 10 heterocycles. The van der Waals surface area contributed by atoms with E-state index in [2.05, 4.69) is 29.7 Å². The lowest BCUT2D eigenvalue weighted by Crippen LogP contribution is -2.37. The molecule has 6 aromatic heterocycles. The van der Waals surface area contributed by atoms with Gasteiger partial charge in [-0.15, -0.1) is 0 Å². The molecule has 14 rings (SSSR count). The van der Waals surface area contributed by atoms with E-state index >= 15 is 0 Å². The van der Waals surface area contributed by atoms with Gasteiger partial charge in [0.25, 0.3) is 0 Å². The number of H-pyrrole nitrogens is 2. The number of halogens is 2. The van der Waals surface area contributed by atoms with Crippen LogP contribution in [-0.4, -0.2) is 133 Å². The van der Waals surface area contributed by atoms with Gasteiger partial charge in [0, 0.05) is 60.4 Å². The molecule has 0 spiro atoms. The van der Waals surface area contributed by atoms with Crippen molar-refractivity contribution in [1.29, 1.82) is 10.5 Å². The summed E-state index contributed by atoms with van der Waals surface area (Å²) in [6.07, 6.45) is 6.07. The predicted molar refractivity (Wildman–Crippen MR) is 285 cm³/mol. The van der Waals surface area contributed by atoms with Crippen molar-refractivity contribution >= 4 is 34.5 Å². The summed E-state index contributed by atoms with van der Waals surface area (Å²) in [6.45, 7) is 7.55. The Hall–Kier alpha value is -8.68. The molecule has 82 heavy (non-hydrogen) atoms. The Balaban J connectivity index is 0.000000154. The second-order valence-electron chi connectivity index (χ2n) is 22.2. The summed E-state index contributed by atoms with van der Waals surface area (Å²) in [5.41, 5.74) is 5.38. The fraction of sp³-hybridized carbons (Fsp3) is 0.414. The lowest BCUT2D eigenvalue weighted by Gasteiger charge is -2.32. The number of aromatic amines is 2. The largest absolute Gasteiger partial charge is 0.475 e. The summed E-state index contributed by atoms with van der Waals surface area (Å²) in [5.74, 6) is 0.139. The van der Waals surface area contributed by atoms with E-state index in [1.807, 2.05) is 45.5 Å². The smallest absolute Gasteiger partial charge is 0.372 e. The standard InChI is InChI=1S/2C29H28FN7O4/c2*30-21-10-17(12-31)4-5-18(21)16-41-24-3-1-2-22(32-24)29-7-8-36(13-19(29)11-29)15-23-33-25-27(35-26(34-25)28(38)39)37(23)14-20-6-9-40-20/h2*1-5,10,19-20H,6-9,11,13-16H2,(H,34,35)(H,38,39)/t19-,20+,29+;19-,20-,29+/m10/s1. The number of rotatable bonds is 18. The number of pyridine rings is 2. The summed E-state index contributed by atoms with van der Waals surface area (Å²) < 4.78 is 55.5. The number of hydrogen-bond donors (Lipinski definition) is 4. The number of carboxylic acids is 2. The van der Waals surface area contributed by atoms with Gasteiger partial charge in [0.05, 0.1) is 73.0 Å². The van der Waals surface area contributed by atoms with Crippen LogP contribution in [0.2, 0.25) is 0 Å². The number of likely N-dealkylation sites (tertiary alicyclic amines) is 2. The van der Waals surface area contributed by atoms with E-state index in [4.69, 9.17) is 49.4 Å². The van der Waals surface area contributed by atoms with Gasteiger partial charge in [0.2, 0.25) is 23.4 Å². The molecule has 22 nitrogen and oxygen atoms in total. The van der Waals surface area contributed by atoms with E-state index < -0.39 is 23.6 Å². The Bertz CT molecular complexity index is 3630. The van der Waals surface area contributed by atoms with Crippen LogP contribution >= 0.6 is 0 Å². The van der Waals surface area contributed by atoms with E-state index in [0.717, 1.165) is 101 Å². The lowest BCUT2D eigenvalue weighted by molar-refractivity contribution is -0.0594. The van der Waals surface area contributed by atoms with Gasteiger partial charge in [-0.25, -0.2) is 48.3 Å². The SMILES string of the molecule is N#Cc1ccc(COc2cccc([C@@]34CCN(Cc5nc6[nH]c(C(=O)O)nc6n5C[C@@H]5CCO5)C[C@@H]3C4)n2)c(F)c1.N#Cc1ccc(COc2cccc([C@]34CCN(Cc5nc6[nH]c(C(=O)O)nc6n5C[C@@H]5CCO5)C[C@H]3C4)n2)c(F)c1. The van der Waals surface area contributed by atoms with E-state index in [9.17, 15) is 28.6 Å². The molecule has 4 N–H and O–H groups in total. The van der Waals surface area contributed by atoms with E-state index in [1.54, 1.807) is 36.4 Å². The lowest BCUT2D eigenvalue weighted by atomic mass is 9.91. The highest BCUT2D eigenvalue weighted by atomic mass is 19.1. The van der Waals surface area contributed by atoms with Crippen molar-refractivity contribution in [3.05, 3.63) is 141 Å². The molecule has 6 atom stereocenters. The van der Waals surface area contributed by atoms with Crippen molar-refractivity contribution in [3.63, 3.8) is 0 Å². The zero-order valence-electron chi connectivity index (χ0n) is 44.4. The molecule has 0 radical (unpaired) electrons. The summed E-state index contributed by atoms with van der Waals surface area (Å²) in [6, 6.07) is 24.1. The van der Waals surface area contributed by atoms with Crippen LogP contribution in [0.5, 0.6) is 11.8 Å². The van der Waals surface area contributed by atoms with Gasteiger partial charge in [-0.2, -0.15) is 10.5 Å². The predicted octanol–water partition coefficient (Wildman–Crippen LogP) is 6.79. The first-order valence-corrected chi connectivity index (χ1v) is 27.5. The number of aromatic carboxylic acids is 2. The minimum absolute atomic E-state index is 0.00868. The normalized spacial score (nSPS) is 23.5. The molecule has 0 amide bonds. The maximum Gasteiger partial charge on any atom is 0.372 e. The Kier molecular flexibility index (Phi) is 13.7. The van der Waals surface area contributed by atoms with Crippen molar-refractivity contribution in [2.24, 2.45) is 11.8 Å². The van der Waals surface area contributed by atoms with Gasteiger partial charge in [-0.3, -0.25) is 9.80 Å². The van der Waals surface area contributed by atoms with Crippen LogP contribution in [0.3, 0.4) is 0 Å². The van der Waals surface area contributed by atoms with Crippen LogP contribution in [0.25, 0.3) is 22.6 Å². The number of ether oxygens (including phenoxy) is 4. The van der Waals surface area contributed by atoms with Crippen molar-refractivity contribution in [2.45, 2.75) is 101 Å². The van der Waals surface area contributed by atoms with E-state index in [0.29, 0.717) is 83.5 Å². The molecule has 8 aromatic rings. The van der Waals surface area contributed by atoms with Crippen molar-refractivity contribution < 1.29 is 47.5 Å². The van der Waals surface area contributed by atoms with Crippen molar-refractivity contribution in [1.82, 2.24) is 58.8 Å². The fourth-order valence-electron chi connectivity index (χ4n) is 12.2. The highest BCUT2D eigenvalue weighted by molar-refractivity contribution is 5.88. The molecule has 2 aromatic carbocycles. The highest BCUT2D eigenvalue weighted by Crippen LogP contribution is 2.60. The molecule has 420 valence electrons. The maximum absolute atomic E-state index is 14.3. The Morgan fingerprint density at radius 1 is 0.646 bits per heavy atom. The first kappa shape index (κ1) is 52.7. The molecular formula is C58H56F2N14O8. The number of carbonyl (C=O) groups is 2. The third-order valence-corrected chi connectivity index (χ3v) is 17.2. The third kappa shape index (κ3) is 10.3. The average Bonchev–Trinajstić information content (AvgIpc) is 2.45. The molecule has 2 saturated carbocycles. The van der Waals surface area contributed by atoms with Crippen LogP contribution in [-0.2, 0) is 59.7 Å². The molecule has 4 aliphatic heterocycles. The quantitative estimate of drug-likeness (QED) is 0.0688. The van der Waals surface area contributed by atoms with E-state index in [1.165, 1.54) is 12.1 Å². The number of nitriles is 2. The number of piperidine rings is 2. The number of imidazole rings is 4. The Morgan fingerprint density at radius 3 is 1.45 bits per heavy atom. The number of carboxylic acid groups (broad SMARTS) is 2. The van der Waals surface area contributed by atoms with Gasteiger partial charge in [0.1, 0.15) is 36.5 Å². The zero-order valence-corrected chi connectivity index (χ0v) is 44.4. The summed E-state index contributed by atoms with van der Waals surface area (Å²) in [4.78, 5) is 60.9. The number of benzene rings is 2. The molecular weight excluding hydrogens is 1060 g/mol. The molecule has 0 unspecified atom stereocenters. The van der Waals surface area contributed by atoms with Gasteiger partial charge in [-0.1, -0.05) is 24.3 Å². The third-order valence-electron chi connectivity index (χ3n) is 17.2. The van der Waals surface area contributed by atoms with Gasteiger partial charge in [-0.05, 0) is 99.8 Å². The number of nitrogens with zero attached hydrogens (tertiary/aromatic N) is 12. The second kappa shape index (κ2) is 21.3. The number of aromatic nitrogens is 10. The number of hydrogen-bond acceptors (Lipinski definition) is 16. The van der Waals surface area contributed by atoms with Crippen LogP contribution in [0.1, 0.15) is 105 Å². The van der Waals surface area contributed by atoms with Gasteiger partial charge >= 0.3 is 11.9 Å². The van der Waals surface area contributed by atoms with Crippen LogP contribution in [0.4, 0.5) is 8.78 Å². The first-order valence-electron chi connectivity index (χ1n) is 27.5. The molecule has 24 heteroatoms. The van der Waals surface area contributed by atoms with Gasteiger partial charge in [0.15, 0.2) is 22.6 Å². The molecule has 0 bridgehead atoms. The molecule has 6 fully saturated rings. The molecule has 4 saturated heterocycles. The Labute approximate surface area is 467 Å². The maximum atomic E-state index is 14.3. The summed E-state index contributed by atoms with van der Waals surface area (Å²) >= 11 is 0. The number of nitrogens with one attached hydrogen (secondary N) is 2. The summed E-state index contributed by atoms with van der Waals surface area (Å²) in [7, 11) is 0. The average molecular weight is 1120 g/mol. The van der Waals surface area contributed by atoms with E-state index in [-0.39, 0.29) is 59.0 Å².